The summed E-state index contributed by atoms with van der Waals surface area (Å²) in [7, 11) is 0.710. The van der Waals surface area contributed by atoms with Gasteiger partial charge in [0, 0.05) is 18.7 Å². The van der Waals surface area contributed by atoms with Crippen molar-refractivity contribution in [3.63, 3.8) is 0 Å². The van der Waals surface area contributed by atoms with E-state index in [0.29, 0.717) is 23.7 Å². The Morgan fingerprint density at radius 2 is 1.42 bits per heavy atom. The van der Waals surface area contributed by atoms with Crippen molar-refractivity contribution < 1.29 is 40.3 Å². The predicted octanol–water partition coefficient (Wildman–Crippen LogP) is 5.83. The number of carbonyl (C=O) groups excluding carboxylic acids is 1. The Labute approximate surface area is 172 Å². The number of hydrogen-bond donors (Lipinski definition) is 0. The maximum absolute atomic E-state index is 14.0. The van der Waals surface area contributed by atoms with Crippen LogP contribution in [-0.4, -0.2) is 36.8 Å². The van der Waals surface area contributed by atoms with E-state index in [0.717, 1.165) is 18.2 Å². The Balaban J connectivity index is 2.26. The van der Waals surface area contributed by atoms with E-state index in [2.05, 4.69) is 11.6 Å². The van der Waals surface area contributed by atoms with E-state index in [1.165, 1.54) is 12.1 Å². The number of aliphatic imine (C=N–C) groups is 1. The summed E-state index contributed by atoms with van der Waals surface area (Å²) in [6.45, 7) is 3.27. The van der Waals surface area contributed by atoms with Gasteiger partial charge in [-0.05, 0) is 16.7 Å². The van der Waals surface area contributed by atoms with Crippen molar-refractivity contribution in [1.29, 1.82) is 0 Å². The summed E-state index contributed by atoms with van der Waals surface area (Å²) in [5, 5.41) is 0. The molecule has 0 radical (unpaired) electrons. The first-order valence-electron chi connectivity index (χ1n) is 8.63. The quantitative estimate of drug-likeness (QED) is 0.232. The second-order valence-corrected chi connectivity index (χ2v) is 6.30. The van der Waals surface area contributed by atoms with Crippen molar-refractivity contribution >= 4 is 11.7 Å². The number of ether oxygens (including phenoxy) is 1. The zero-order valence-electron chi connectivity index (χ0n) is 16.0. The van der Waals surface area contributed by atoms with Gasteiger partial charge >= 0.3 is 24.0 Å². The van der Waals surface area contributed by atoms with Gasteiger partial charge in [0.1, 0.15) is 12.3 Å². The Morgan fingerprint density at radius 1 is 0.935 bits per heavy atom. The van der Waals surface area contributed by atoms with E-state index in [4.69, 9.17) is 4.74 Å². The van der Waals surface area contributed by atoms with Crippen molar-refractivity contribution in [2.24, 2.45) is 4.99 Å². The molecule has 166 valence electrons. The van der Waals surface area contributed by atoms with Crippen molar-refractivity contribution in [3.05, 3.63) is 72.3 Å². The minimum atomic E-state index is -6.45. The molecule has 0 aliphatic heterocycles. The fourth-order valence-electron chi connectivity index (χ4n) is 2.60. The van der Waals surface area contributed by atoms with Crippen LogP contribution in [0.2, 0.25) is 0 Å². The third kappa shape index (κ3) is 4.95. The highest BCUT2D eigenvalue weighted by Crippen LogP contribution is 2.48. The zero-order chi connectivity index (χ0) is 23.4. The van der Waals surface area contributed by atoms with Gasteiger partial charge in [0.05, 0.1) is 0 Å². The minimum absolute atomic E-state index is 0.00287. The first kappa shape index (κ1) is 24.1. The third-order valence-corrected chi connectivity index (χ3v) is 4.26. The fraction of sp³-hybridized carbons (Fsp3) is 0.238. The molecule has 10 heteroatoms. The lowest BCUT2D eigenvalue weighted by Crippen LogP contribution is -2.56. The van der Waals surface area contributed by atoms with Crippen LogP contribution in [0.25, 0.3) is 11.1 Å². The lowest BCUT2D eigenvalue weighted by Gasteiger charge is -2.29. The average Bonchev–Trinajstić information content (AvgIpc) is 2.72. The highest BCUT2D eigenvalue weighted by molar-refractivity contribution is 6.06. The number of benzene rings is 2. The van der Waals surface area contributed by atoms with Crippen LogP contribution < -0.4 is 0 Å². The number of nitrogens with zero attached hydrogens (tertiary/aromatic N) is 1. The van der Waals surface area contributed by atoms with Crippen LogP contribution in [-0.2, 0) is 16.1 Å². The van der Waals surface area contributed by atoms with E-state index >= 15 is 0 Å². The molecule has 0 spiro atoms. The summed E-state index contributed by atoms with van der Waals surface area (Å²) in [6.07, 6.45) is -5.44. The van der Waals surface area contributed by atoms with Gasteiger partial charge in [-0.3, -0.25) is 4.99 Å². The number of alkyl halides is 7. The van der Waals surface area contributed by atoms with Crippen LogP contribution in [0.1, 0.15) is 11.1 Å². The Bertz CT molecular complexity index is 963. The van der Waals surface area contributed by atoms with E-state index in [9.17, 15) is 35.5 Å². The first-order valence-corrected chi connectivity index (χ1v) is 8.63. The molecule has 2 aromatic carbocycles. The zero-order valence-corrected chi connectivity index (χ0v) is 16.0. The van der Waals surface area contributed by atoms with Crippen LogP contribution in [0.15, 0.2) is 66.2 Å². The van der Waals surface area contributed by atoms with Crippen LogP contribution in [0.4, 0.5) is 30.7 Å². The largest absolute Gasteiger partial charge is 0.460 e. The maximum Gasteiger partial charge on any atom is 0.460 e. The molecule has 0 N–H and O–H groups in total. The van der Waals surface area contributed by atoms with Crippen molar-refractivity contribution in [3.8, 4) is 11.1 Å². The van der Waals surface area contributed by atoms with Crippen molar-refractivity contribution in [2.75, 3.05) is 7.05 Å². The Kier molecular flexibility index (Phi) is 6.93. The van der Waals surface area contributed by atoms with Gasteiger partial charge in [-0.15, -0.1) is 0 Å². The number of esters is 1. The number of carbonyl (C=O) groups is 1. The van der Waals surface area contributed by atoms with E-state index < -0.39 is 35.3 Å². The SMILES string of the molecule is C=CC(=O)OCc1ccc(-c2ccc(C(=NC)C(F)(F)C(F)(F)C(F)(F)F)cc2)cc1. The van der Waals surface area contributed by atoms with E-state index in [1.807, 2.05) is 0 Å². The van der Waals surface area contributed by atoms with Crippen molar-refractivity contribution in [1.82, 2.24) is 0 Å². The molecule has 31 heavy (non-hydrogen) atoms. The highest BCUT2D eigenvalue weighted by atomic mass is 19.4. The fourth-order valence-corrected chi connectivity index (χ4v) is 2.60. The summed E-state index contributed by atoms with van der Waals surface area (Å²) in [4.78, 5) is 14.1. The third-order valence-electron chi connectivity index (χ3n) is 4.26. The summed E-state index contributed by atoms with van der Waals surface area (Å²) < 4.78 is 97.0. The summed E-state index contributed by atoms with van der Waals surface area (Å²) in [6, 6.07) is 11.1. The predicted molar refractivity (Wildman–Crippen MR) is 100 cm³/mol. The molecule has 0 amide bonds. The van der Waals surface area contributed by atoms with Gasteiger partial charge in [-0.2, -0.15) is 30.7 Å². The molecule has 0 heterocycles. The molecule has 0 unspecified atom stereocenters. The highest BCUT2D eigenvalue weighted by Gasteiger charge is 2.74. The molecule has 2 aromatic rings. The summed E-state index contributed by atoms with van der Waals surface area (Å²) in [5.41, 5.74) is -0.508. The number of hydrogen-bond acceptors (Lipinski definition) is 3. The van der Waals surface area contributed by atoms with Gasteiger partial charge in [-0.25, -0.2) is 4.79 Å². The van der Waals surface area contributed by atoms with Crippen LogP contribution >= 0.6 is 0 Å². The number of rotatable bonds is 7. The summed E-state index contributed by atoms with van der Waals surface area (Å²) >= 11 is 0. The minimum Gasteiger partial charge on any atom is -0.458 e. The van der Waals surface area contributed by atoms with Crippen molar-refractivity contribution in [2.45, 2.75) is 24.6 Å². The molecule has 0 atom stereocenters. The van der Waals surface area contributed by atoms with Crippen LogP contribution in [0, 0.1) is 0 Å². The first-order chi connectivity index (χ1) is 14.3. The normalized spacial score (nSPS) is 13.1. The molecular formula is C21H16F7NO2. The van der Waals surface area contributed by atoms with Gasteiger partial charge in [0.25, 0.3) is 0 Å². The molecule has 0 saturated carbocycles. The Morgan fingerprint density at radius 3 is 1.84 bits per heavy atom. The van der Waals surface area contributed by atoms with E-state index in [-0.39, 0.29) is 6.61 Å². The second kappa shape index (κ2) is 8.91. The molecule has 0 aromatic heterocycles. The topological polar surface area (TPSA) is 38.7 Å². The van der Waals surface area contributed by atoms with Gasteiger partial charge in [0.15, 0.2) is 0 Å². The van der Waals surface area contributed by atoms with E-state index in [1.54, 1.807) is 24.3 Å². The van der Waals surface area contributed by atoms with Gasteiger partial charge in [0.2, 0.25) is 0 Å². The monoisotopic (exact) mass is 447 g/mol. The number of halogens is 7. The molecule has 0 aliphatic carbocycles. The molecule has 0 bridgehead atoms. The smallest absolute Gasteiger partial charge is 0.458 e. The van der Waals surface area contributed by atoms with Gasteiger partial charge < -0.3 is 4.74 Å². The standard InChI is InChI=1S/C21H16F7NO2/c1-3-17(30)31-12-13-4-6-14(7-5-13)15-8-10-16(11-9-15)18(29-2)19(22,23)20(24,25)21(26,27)28/h3-11H,1,12H2,2H3. The summed E-state index contributed by atoms with van der Waals surface area (Å²) in [5.74, 6) is -12.5. The lowest BCUT2D eigenvalue weighted by molar-refractivity contribution is -0.336. The molecule has 3 nitrogen and oxygen atoms in total. The molecule has 0 fully saturated rings. The molecular weight excluding hydrogens is 431 g/mol. The van der Waals surface area contributed by atoms with Gasteiger partial charge in [-0.1, -0.05) is 55.1 Å². The van der Waals surface area contributed by atoms with Crippen LogP contribution in [0.3, 0.4) is 0 Å². The molecule has 0 saturated heterocycles. The average molecular weight is 447 g/mol. The lowest BCUT2D eigenvalue weighted by atomic mass is 9.96. The molecule has 0 aliphatic rings. The van der Waals surface area contributed by atoms with Crippen LogP contribution in [0.5, 0.6) is 0 Å². The molecule has 2 rings (SSSR count). The second-order valence-electron chi connectivity index (χ2n) is 6.30. The maximum atomic E-state index is 14.0. The Hall–Kier alpha value is -3.17.